The molecule has 28 heavy (non-hydrogen) atoms. The number of benzene rings is 2. The maximum absolute atomic E-state index is 12.6. The predicted octanol–water partition coefficient (Wildman–Crippen LogP) is 2.98. The Morgan fingerprint density at radius 3 is 2.25 bits per heavy atom. The molecule has 0 radical (unpaired) electrons. The first-order valence-corrected chi connectivity index (χ1v) is 11.0. The van der Waals surface area contributed by atoms with Gasteiger partial charge in [0.15, 0.2) is 0 Å². The van der Waals surface area contributed by atoms with E-state index in [1.165, 1.54) is 0 Å². The molecule has 0 bridgehead atoms. The molecular formula is C21H26N2O4S. The molecule has 1 aliphatic heterocycles. The summed E-state index contributed by atoms with van der Waals surface area (Å²) < 4.78 is 33.3. The molecule has 2 aromatic carbocycles. The van der Waals surface area contributed by atoms with Crippen molar-refractivity contribution in [1.29, 1.82) is 0 Å². The van der Waals surface area contributed by atoms with Crippen molar-refractivity contribution in [2.24, 2.45) is 0 Å². The Hall–Kier alpha value is -2.38. The fourth-order valence-electron chi connectivity index (χ4n) is 3.25. The van der Waals surface area contributed by atoms with Gasteiger partial charge in [0.1, 0.15) is 5.75 Å². The van der Waals surface area contributed by atoms with Gasteiger partial charge >= 0.3 is 0 Å². The topological polar surface area (TPSA) is 75.7 Å². The summed E-state index contributed by atoms with van der Waals surface area (Å²) in [5.41, 5.74) is 1.78. The first-order valence-electron chi connectivity index (χ1n) is 9.50. The van der Waals surface area contributed by atoms with Gasteiger partial charge in [-0.25, -0.2) is 13.1 Å². The number of hydrogen-bond acceptors (Lipinski definition) is 4. The molecule has 3 rings (SSSR count). The largest absolute Gasteiger partial charge is 0.494 e. The summed E-state index contributed by atoms with van der Waals surface area (Å²) in [6.07, 6.45) is 1.18. The maximum Gasteiger partial charge on any atom is 0.253 e. The number of ether oxygens (including phenoxy) is 1. The van der Waals surface area contributed by atoms with Crippen molar-refractivity contribution < 1.29 is 17.9 Å². The number of hydrogen-bond donors (Lipinski definition) is 1. The van der Waals surface area contributed by atoms with Gasteiger partial charge in [-0.05, 0) is 63.1 Å². The van der Waals surface area contributed by atoms with E-state index in [2.05, 4.69) is 4.72 Å². The van der Waals surface area contributed by atoms with Crippen molar-refractivity contribution >= 4 is 15.9 Å². The van der Waals surface area contributed by atoms with Gasteiger partial charge in [-0.1, -0.05) is 17.7 Å². The molecular weight excluding hydrogens is 376 g/mol. The zero-order chi connectivity index (χ0) is 20.1. The third-order valence-corrected chi connectivity index (χ3v) is 6.38. The van der Waals surface area contributed by atoms with Crippen LogP contribution in [0.25, 0.3) is 0 Å². The highest BCUT2D eigenvalue weighted by Crippen LogP contribution is 2.19. The van der Waals surface area contributed by atoms with E-state index >= 15 is 0 Å². The van der Waals surface area contributed by atoms with E-state index in [-0.39, 0.29) is 16.8 Å². The number of carbonyl (C=O) groups excluding carboxylic acids is 1. The molecule has 0 atom stereocenters. The van der Waals surface area contributed by atoms with Crippen LogP contribution in [0.5, 0.6) is 5.75 Å². The molecule has 0 aromatic heterocycles. The zero-order valence-electron chi connectivity index (χ0n) is 16.2. The van der Waals surface area contributed by atoms with Crippen molar-refractivity contribution in [3.8, 4) is 5.75 Å². The second-order valence-corrected chi connectivity index (χ2v) is 8.67. The van der Waals surface area contributed by atoms with E-state index in [0.29, 0.717) is 43.9 Å². The molecule has 6 nitrogen and oxygen atoms in total. The second-order valence-electron chi connectivity index (χ2n) is 6.96. The molecule has 1 saturated heterocycles. The van der Waals surface area contributed by atoms with Gasteiger partial charge in [0.2, 0.25) is 10.0 Å². The lowest BCUT2D eigenvalue weighted by molar-refractivity contribution is 0.0711. The van der Waals surface area contributed by atoms with Gasteiger partial charge in [0, 0.05) is 24.7 Å². The summed E-state index contributed by atoms with van der Waals surface area (Å²) >= 11 is 0. The summed E-state index contributed by atoms with van der Waals surface area (Å²) in [7, 11) is -3.60. The summed E-state index contributed by atoms with van der Waals surface area (Å²) in [5, 5.41) is 0. The van der Waals surface area contributed by atoms with Crippen LogP contribution >= 0.6 is 0 Å². The van der Waals surface area contributed by atoms with Crippen LogP contribution in [0.2, 0.25) is 0 Å². The molecule has 0 saturated carbocycles. The fourth-order valence-corrected chi connectivity index (χ4v) is 4.55. The number of sulfonamides is 1. The van der Waals surface area contributed by atoms with E-state index in [9.17, 15) is 13.2 Å². The normalized spacial score (nSPS) is 15.4. The number of rotatable bonds is 6. The number of piperidine rings is 1. The number of amides is 1. The van der Waals surface area contributed by atoms with Crippen LogP contribution in [0.3, 0.4) is 0 Å². The van der Waals surface area contributed by atoms with Crippen molar-refractivity contribution in [3.05, 3.63) is 59.7 Å². The van der Waals surface area contributed by atoms with Gasteiger partial charge in [0.05, 0.1) is 11.5 Å². The molecule has 7 heteroatoms. The standard InChI is InChI=1S/C21H26N2O4S/c1-3-27-19-8-10-20(11-9-19)28(25,26)22-18-12-14-23(15-13-18)21(24)17-6-4-16(2)5-7-17/h4-11,18,22H,3,12-15H2,1-2H3. The van der Waals surface area contributed by atoms with Crippen molar-refractivity contribution in [2.75, 3.05) is 19.7 Å². The van der Waals surface area contributed by atoms with Gasteiger partial charge < -0.3 is 9.64 Å². The average molecular weight is 403 g/mol. The van der Waals surface area contributed by atoms with Crippen LogP contribution in [0.1, 0.15) is 35.7 Å². The van der Waals surface area contributed by atoms with Crippen LogP contribution in [0.4, 0.5) is 0 Å². The summed E-state index contributed by atoms with van der Waals surface area (Å²) in [4.78, 5) is 14.6. The Morgan fingerprint density at radius 2 is 1.68 bits per heavy atom. The molecule has 0 unspecified atom stereocenters. The van der Waals surface area contributed by atoms with Crippen molar-refractivity contribution in [3.63, 3.8) is 0 Å². The van der Waals surface area contributed by atoms with E-state index in [0.717, 1.165) is 5.56 Å². The molecule has 1 N–H and O–H groups in total. The van der Waals surface area contributed by atoms with E-state index in [1.54, 1.807) is 29.2 Å². The van der Waals surface area contributed by atoms with Crippen LogP contribution in [0, 0.1) is 6.92 Å². The number of carbonyl (C=O) groups is 1. The zero-order valence-corrected chi connectivity index (χ0v) is 17.0. The SMILES string of the molecule is CCOc1ccc(S(=O)(=O)NC2CCN(C(=O)c3ccc(C)cc3)CC2)cc1. The first-order chi connectivity index (χ1) is 13.4. The van der Waals surface area contributed by atoms with Gasteiger partial charge in [-0.15, -0.1) is 0 Å². The molecule has 1 heterocycles. The fraction of sp³-hybridized carbons (Fsp3) is 0.381. The molecule has 1 amide bonds. The second kappa shape index (κ2) is 8.75. The highest BCUT2D eigenvalue weighted by Gasteiger charge is 2.27. The molecule has 1 aliphatic rings. The Bertz CT molecular complexity index is 900. The van der Waals surface area contributed by atoms with Crippen LogP contribution in [-0.4, -0.2) is 45.0 Å². The molecule has 0 spiro atoms. The number of aryl methyl sites for hydroxylation is 1. The lowest BCUT2D eigenvalue weighted by Crippen LogP contribution is -2.46. The molecule has 0 aliphatic carbocycles. The minimum atomic E-state index is -3.60. The van der Waals surface area contributed by atoms with Gasteiger partial charge in [-0.2, -0.15) is 0 Å². The summed E-state index contributed by atoms with van der Waals surface area (Å²) in [6.45, 7) is 5.45. The minimum Gasteiger partial charge on any atom is -0.494 e. The first kappa shape index (κ1) is 20.4. The highest BCUT2D eigenvalue weighted by atomic mass is 32.2. The minimum absolute atomic E-state index is 0.00665. The summed E-state index contributed by atoms with van der Waals surface area (Å²) in [6, 6.07) is 13.7. The average Bonchev–Trinajstić information content (AvgIpc) is 2.69. The van der Waals surface area contributed by atoms with E-state index < -0.39 is 10.0 Å². The van der Waals surface area contributed by atoms with E-state index in [4.69, 9.17) is 4.74 Å². The highest BCUT2D eigenvalue weighted by molar-refractivity contribution is 7.89. The molecule has 150 valence electrons. The number of nitrogens with one attached hydrogen (secondary N) is 1. The lowest BCUT2D eigenvalue weighted by Gasteiger charge is -2.32. The monoisotopic (exact) mass is 402 g/mol. The Balaban J connectivity index is 1.57. The Kier molecular flexibility index (Phi) is 6.36. The van der Waals surface area contributed by atoms with Gasteiger partial charge in [0.25, 0.3) is 5.91 Å². The predicted molar refractivity (Wildman–Crippen MR) is 108 cm³/mol. The molecule has 1 fully saturated rings. The quantitative estimate of drug-likeness (QED) is 0.806. The molecule has 2 aromatic rings. The third-order valence-electron chi connectivity index (χ3n) is 4.85. The van der Waals surface area contributed by atoms with Gasteiger partial charge in [-0.3, -0.25) is 4.79 Å². The number of likely N-dealkylation sites (tertiary alicyclic amines) is 1. The lowest BCUT2D eigenvalue weighted by atomic mass is 10.0. The van der Waals surface area contributed by atoms with Crippen LogP contribution in [0.15, 0.2) is 53.4 Å². The summed E-state index contributed by atoms with van der Waals surface area (Å²) in [5.74, 6) is 0.636. The van der Waals surface area contributed by atoms with Crippen LogP contribution < -0.4 is 9.46 Å². The smallest absolute Gasteiger partial charge is 0.253 e. The van der Waals surface area contributed by atoms with E-state index in [1.807, 2.05) is 38.1 Å². The van der Waals surface area contributed by atoms with Crippen LogP contribution in [-0.2, 0) is 10.0 Å². The maximum atomic E-state index is 12.6. The number of nitrogens with zero attached hydrogens (tertiary/aromatic N) is 1. The van der Waals surface area contributed by atoms with Crippen molar-refractivity contribution in [1.82, 2.24) is 9.62 Å². The Morgan fingerprint density at radius 1 is 1.07 bits per heavy atom. The van der Waals surface area contributed by atoms with Crippen molar-refractivity contribution in [2.45, 2.75) is 37.6 Å². The third kappa shape index (κ3) is 4.91. The Labute approximate surface area is 166 Å².